The fourth-order valence-electron chi connectivity index (χ4n) is 5.05. The molecule has 2 aliphatic carbocycles. The molecule has 0 bridgehead atoms. The lowest BCUT2D eigenvalue weighted by molar-refractivity contribution is -0.154. The lowest BCUT2D eigenvalue weighted by Crippen LogP contribution is -2.53. The maximum Gasteiger partial charge on any atom is 0.407 e. The molecule has 7 heteroatoms. The van der Waals surface area contributed by atoms with E-state index in [2.05, 4.69) is 34.9 Å². The molecule has 2 aromatic rings. The molecule has 186 valence electrons. The summed E-state index contributed by atoms with van der Waals surface area (Å²) in [7, 11) is 0. The predicted octanol–water partition coefficient (Wildman–Crippen LogP) is 4.70. The van der Waals surface area contributed by atoms with E-state index in [0.29, 0.717) is 19.3 Å². The highest BCUT2D eigenvalue weighted by atomic mass is 16.5. The zero-order chi connectivity index (χ0) is 25.2. The third-order valence-corrected chi connectivity index (χ3v) is 7.13. The average molecular weight is 479 g/mol. The van der Waals surface area contributed by atoms with Crippen LogP contribution in [-0.4, -0.2) is 42.3 Å². The van der Waals surface area contributed by atoms with Crippen LogP contribution in [0, 0.1) is 10.8 Å². The molecule has 1 unspecified atom stereocenters. The first kappa shape index (κ1) is 24.8. The van der Waals surface area contributed by atoms with Gasteiger partial charge in [0.25, 0.3) is 0 Å². The fraction of sp³-hybridized carbons (Fsp3) is 0.464. The van der Waals surface area contributed by atoms with Gasteiger partial charge in [-0.25, -0.2) is 4.79 Å². The lowest BCUT2D eigenvalue weighted by atomic mass is 9.68. The number of hydrogen-bond donors (Lipinski definition) is 3. The molecule has 2 aliphatic rings. The summed E-state index contributed by atoms with van der Waals surface area (Å²) >= 11 is 0. The summed E-state index contributed by atoms with van der Waals surface area (Å²) in [5.74, 6) is -1.35. The minimum atomic E-state index is -0.897. The summed E-state index contributed by atoms with van der Waals surface area (Å²) < 4.78 is 5.63. The molecule has 2 aromatic carbocycles. The predicted molar refractivity (Wildman–Crippen MR) is 133 cm³/mol. The van der Waals surface area contributed by atoms with E-state index in [1.807, 2.05) is 45.0 Å². The Morgan fingerprint density at radius 2 is 1.60 bits per heavy atom. The van der Waals surface area contributed by atoms with Crippen LogP contribution >= 0.6 is 0 Å². The number of amides is 2. The maximum atomic E-state index is 13.0. The van der Waals surface area contributed by atoms with E-state index in [4.69, 9.17) is 4.74 Å². The van der Waals surface area contributed by atoms with Gasteiger partial charge in [0.15, 0.2) is 0 Å². The summed E-state index contributed by atoms with van der Waals surface area (Å²) in [5.41, 5.74) is 3.39. The maximum absolute atomic E-state index is 13.0. The minimum Gasteiger partial charge on any atom is -0.481 e. The number of hydrogen-bond acceptors (Lipinski definition) is 4. The van der Waals surface area contributed by atoms with Gasteiger partial charge in [-0.05, 0) is 46.9 Å². The molecule has 0 saturated heterocycles. The molecular weight excluding hydrogens is 444 g/mol. The van der Waals surface area contributed by atoms with Gasteiger partial charge in [0, 0.05) is 12.5 Å². The number of carboxylic acids is 1. The molecule has 3 N–H and O–H groups in total. The van der Waals surface area contributed by atoms with Crippen LogP contribution in [-0.2, 0) is 14.3 Å². The zero-order valence-corrected chi connectivity index (χ0v) is 20.6. The third-order valence-electron chi connectivity index (χ3n) is 7.13. The first-order valence-electron chi connectivity index (χ1n) is 12.2. The van der Waals surface area contributed by atoms with Crippen LogP contribution in [0.3, 0.4) is 0 Å². The normalized spacial score (nSPS) is 16.9. The van der Waals surface area contributed by atoms with Crippen molar-refractivity contribution in [2.24, 2.45) is 10.8 Å². The number of carbonyl (C=O) groups is 3. The van der Waals surface area contributed by atoms with E-state index >= 15 is 0 Å². The smallest absolute Gasteiger partial charge is 0.407 e. The molecule has 2 amide bonds. The van der Waals surface area contributed by atoms with Crippen molar-refractivity contribution in [3.05, 3.63) is 59.7 Å². The molecule has 0 radical (unpaired) electrons. The second-order valence-electron chi connectivity index (χ2n) is 10.9. The van der Waals surface area contributed by atoms with Crippen LogP contribution in [0.25, 0.3) is 11.1 Å². The number of carboxylic acid groups (broad SMARTS) is 1. The monoisotopic (exact) mass is 478 g/mol. The molecule has 1 fully saturated rings. The third kappa shape index (κ3) is 5.34. The van der Waals surface area contributed by atoms with E-state index in [0.717, 1.165) is 28.7 Å². The second kappa shape index (κ2) is 9.72. The van der Waals surface area contributed by atoms with Gasteiger partial charge in [-0.3, -0.25) is 9.59 Å². The molecule has 1 saturated carbocycles. The van der Waals surface area contributed by atoms with Crippen molar-refractivity contribution >= 4 is 18.0 Å². The lowest BCUT2D eigenvalue weighted by Gasteiger charge is -2.38. The summed E-state index contributed by atoms with van der Waals surface area (Å²) in [4.78, 5) is 37.4. The van der Waals surface area contributed by atoms with Crippen molar-refractivity contribution in [3.8, 4) is 11.1 Å². The van der Waals surface area contributed by atoms with Gasteiger partial charge in [0.1, 0.15) is 12.6 Å². The molecule has 1 atom stereocenters. The molecule has 7 nitrogen and oxygen atoms in total. The molecule has 35 heavy (non-hydrogen) atoms. The first-order chi connectivity index (χ1) is 16.6. The molecule has 0 aliphatic heterocycles. The number of alkyl carbamates (subject to hydrolysis) is 1. The Labute approximate surface area is 206 Å². The number of benzene rings is 2. The van der Waals surface area contributed by atoms with Gasteiger partial charge in [-0.2, -0.15) is 0 Å². The van der Waals surface area contributed by atoms with E-state index < -0.39 is 23.5 Å². The standard InChI is InChI=1S/C28H34N2O5/c1-27(2,3)15-23(24(31)29-17-28(25(32)33)13-8-14-28)30-26(34)35-16-22-20-11-6-4-9-18(20)19-10-5-7-12-21(19)22/h4-7,9-12,22-23H,8,13-17H2,1-3H3,(H,29,31)(H,30,34)(H,32,33). The van der Waals surface area contributed by atoms with Gasteiger partial charge in [-0.15, -0.1) is 0 Å². The summed E-state index contributed by atoms with van der Waals surface area (Å²) in [5, 5.41) is 15.0. The Morgan fingerprint density at radius 1 is 1.03 bits per heavy atom. The van der Waals surface area contributed by atoms with Crippen molar-refractivity contribution < 1.29 is 24.2 Å². The Bertz CT molecular complexity index is 1070. The van der Waals surface area contributed by atoms with Crippen molar-refractivity contribution in [1.82, 2.24) is 10.6 Å². The highest BCUT2D eigenvalue weighted by molar-refractivity contribution is 5.86. The zero-order valence-electron chi connectivity index (χ0n) is 20.6. The van der Waals surface area contributed by atoms with E-state index in [9.17, 15) is 19.5 Å². The van der Waals surface area contributed by atoms with E-state index in [-0.39, 0.29) is 30.4 Å². The SMILES string of the molecule is CC(C)(C)CC(NC(=O)OCC1c2ccccc2-c2ccccc21)C(=O)NCC1(C(=O)O)CCC1. The van der Waals surface area contributed by atoms with Crippen LogP contribution in [0.4, 0.5) is 4.79 Å². The summed E-state index contributed by atoms with van der Waals surface area (Å²) in [6.07, 6.45) is 1.67. The van der Waals surface area contributed by atoms with Crippen molar-refractivity contribution in [3.63, 3.8) is 0 Å². The Balaban J connectivity index is 1.40. The van der Waals surface area contributed by atoms with Crippen LogP contribution in [0.1, 0.15) is 63.5 Å². The number of fused-ring (bicyclic) bond motifs is 3. The quantitative estimate of drug-likeness (QED) is 0.510. The fourth-order valence-corrected chi connectivity index (χ4v) is 5.05. The Morgan fingerprint density at radius 3 is 2.09 bits per heavy atom. The molecule has 0 aromatic heterocycles. The average Bonchev–Trinajstić information content (AvgIpc) is 3.09. The molecule has 0 heterocycles. The number of rotatable bonds is 8. The molecule has 0 spiro atoms. The number of nitrogens with one attached hydrogen (secondary N) is 2. The van der Waals surface area contributed by atoms with Crippen LogP contribution in [0.15, 0.2) is 48.5 Å². The highest BCUT2D eigenvalue weighted by Crippen LogP contribution is 2.44. The Kier molecular flexibility index (Phi) is 6.88. The van der Waals surface area contributed by atoms with Crippen molar-refractivity contribution in [2.45, 2.75) is 58.4 Å². The topological polar surface area (TPSA) is 105 Å². The first-order valence-corrected chi connectivity index (χ1v) is 12.2. The van der Waals surface area contributed by atoms with Crippen LogP contribution < -0.4 is 10.6 Å². The van der Waals surface area contributed by atoms with Gasteiger partial charge < -0.3 is 20.5 Å². The van der Waals surface area contributed by atoms with Gasteiger partial charge in [-0.1, -0.05) is 75.7 Å². The van der Waals surface area contributed by atoms with E-state index in [1.54, 1.807) is 0 Å². The van der Waals surface area contributed by atoms with Gasteiger partial charge in [0.2, 0.25) is 5.91 Å². The number of aliphatic carboxylic acids is 1. The highest BCUT2D eigenvalue weighted by Gasteiger charge is 2.45. The largest absolute Gasteiger partial charge is 0.481 e. The van der Waals surface area contributed by atoms with Crippen molar-refractivity contribution in [1.29, 1.82) is 0 Å². The van der Waals surface area contributed by atoms with Crippen LogP contribution in [0.5, 0.6) is 0 Å². The minimum absolute atomic E-state index is 0.0637. The Hall–Kier alpha value is -3.35. The molecular formula is C28H34N2O5. The number of ether oxygens (including phenoxy) is 1. The second-order valence-corrected chi connectivity index (χ2v) is 10.9. The van der Waals surface area contributed by atoms with E-state index in [1.165, 1.54) is 0 Å². The van der Waals surface area contributed by atoms with Gasteiger partial charge in [0.05, 0.1) is 5.41 Å². The van der Waals surface area contributed by atoms with Gasteiger partial charge >= 0.3 is 12.1 Å². The molecule has 4 rings (SSSR count). The number of carbonyl (C=O) groups excluding carboxylic acids is 2. The van der Waals surface area contributed by atoms with Crippen LogP contribution in [0.2, 0.25) is 0 Å². The summed E-state index contributed by atoms with van der Waals surface area (Å²) in [6, 6.07) is 15.4. The van der Waals surface area contributed by atoms with Crippen molar-refractivity contribution in [2.75, 3.05) is 13.2 Å². The summed E-state index contributed by atoms with van der Waals surface area (Å²) in [6.45, 7) is 6.17.